The minimum absolute atomic E-state index is 0.210. The van der Waals surface area contributed by atoms with Gasteiger partial charge in [-0.3, -0.25) is 28.4 Å². The quantitative estimate of drug-likeness (QED) is 0.513. The first-order valence-corrected chi connectivity index (χ1v) is 9.58. The van der Waals surface area contributed by atoms with Gasteiger partial charge in [0.25, 0.3) is 17.4 Å². The minimum atomic E-state index is -1.12. The molecule has 1 aliphatic rings. The van der Waals surface area contributed by atoms with Crippen molar-refractivity contribution in [3.05, 3.63) is 68.0 Å². The first-order chi connectivity index (χ1) is 14.2. The molecule has 0 spiro atoms. The molecule has 0 saturated heterocycles. The summed E-state index contributed by atoms with van der Waals surface area (Å²) in [6, 6.07) is 6.48. The van der Waals surface area contributed by atoms with Crippen LogP contribution in [0.25, 0.3) is 0 Å². The van der Waals surface area contributed by atoms with Gasteiger partial charge < -0.3 is 4.74 Å². The van der Waals surface area contributed by atoms with Crippen LogP contribution in [0.15, 0.2) is 39.9 Å². The summed E-state index contributed by atoms with van der Waals surface area (Å²) in [6.45, 7) is 3.26. The van der Waals surface area contributed by atoms with Crippen molar-refractivity contribution < 1.29 is 19.1 Å². The van der Waals surface area contributed by atoms with Crippen molar-refractivity contribution in [3.63, 3.8) is 0 Å². The van der Waals surface area contributed by atoms with Crippen LogP contribution in [0.3, 0.4) is 0 Å². The molecule has 158 valence electrons. The number of rotatable bonds is 6. The maximum Gasteiger partial charge on any atom is 0.330 e. The molecule has 2 aromatic rings. The first-order valence-electron chi connectivity index (χ1n) is 9.58. The number of hydrogen-bond acceptors (Lipinski definition) is 6. The van der Waals surface area contributed by atoms with E-state index in [2.05, 4.69) is 0 Å². The molecule has 2 atom stereocenters. The van der Waals surface area contributed by atoms with Gasteiger partial charge in [-0.1, -0.05) is 32.4 Å². The van der Waals surface area contributed by atoms with E-state index in [0.717, 1.165) is 9.47 Å². The molecule has 0 N–H and O–H groups in total. The SMILES string of the molecule is CC[C@H](C)[C@@H](C(=O)OCc1cc(=O)n(C)c(=O)n1C)N1C(=O)c2ccccc2C1=O. The third kappa shape index (κ3) is 3.47. The highest BCUT2D eigenvalue weighted by molar-refractivity contribution is 6.22. The summed E-state index contributed by atoms with van der Waals surface area (Å²) >= 11 is 0. The lowest BCUT2D eigenvalue weighted by Crippen LogP contribution is -2.49. The molecule has 9 nitrogen and oxygen atoms in total. The highest BCUT2D eigenvalue weighted by Crippen LogP contribution is 2.28. The van der Waals surface area contributed by atoms with E-state index in [-0.39, 0.29) is 29.3 Å². The maximum atomic E-state index is 13.0. The Hall–Kier alpha value is -3.49. The molecule has 0 bridgehead atoms. The average Bonchev–Trinajstić information content (AvgIpc) is 2.99. The second kappa shape index (κ2) is 8.10. The number of benzene rings is 1. The molecule has 1 aromatic heterocycles. The summed E-state index contributed by atoms with van der Waals surface area (Å²) in [5.74, 6) is -2.21. The van der Waals surface area contributed by atoms with E-state index in [4.69, 9.17) is 4.74 Å². The van der Waals surface area contributed by atoms with Crippen LogP contribution in [0.2, 0.25) is 0 Å². The first kappa shape index (κ1) is 21.2. The maximum absolute atomic E-state index is 13.0. The molecule has 0 radical (unpaired) electrons. The standard InChI is InChI=1S/C21H23N3O6/c1-5-12(2)17(24-18(26)14-8-6-7-9-15(14)19(24)27)20(28)30-11-13-10-16(25)23(4)21(29)22(13)3/h6-10,12,17H,5,11H2,1-4H3/t12-,17-/m0/s1. The number of fused-ring (bicyclic) bond motifs is 1. The number of carbonyl (C=O) groups excluding carboxylic acids is 3. The second-order valence-corrected chi connectivity index (χ2v) is 7.34. The Bertz CT molecular complexity index is 1110. The van der Waals surface area contributed by atoms with Crippen LogP contribution < -0.4 is 11.2 Å². The van der Waals surface area contributed by atoms with Gasteiger partial charge in [-0.05, 0) is 18.1 Å². The average molecular weight is 413 g/mol. The number of carbonyl (C=O) groups is 3. The smallest absolute Gasteiger partial charge is 0.330 e. The van der Waals surface area contributed by atoms with Crippen LogP contribution in [0.1, 0.15) is 46.7 Å². The third-order valence-electron chi connectivity index (χ3n) is 5.52. The fraction of sp³-hybridized carbons (Fsp3) is 0.381. The van der Waals surface area contributed by atoms with E-state index in [1.54, 1.807) is 31.2 Å². The fourth-order valence-electron chi connectivity index (χ4n) is 3.42. The highest BCUT2D eigenvalue weighted by atomic mass is 16.5. The van der Waals surface area contributed by atoms with E-state index < -0.39 is 35.1 Å². The van der Waals surface area contributed by atoms with Crippen LogP contribution in [-0.2, 0) is 30.2 Å². The van der Waals surface area contributed by atoms with Gasteiger partial charge in [0.15, 0.2) is 0 Å². The van der Waals surface area contributed by atoms with Crippen molar-refractivity contribution in [2.45, 2.75) is 32.9 Å². The predicted molar refractivity (Wildman–Crippen MR) is 107 cm³/mol. The second-order valence-electron chi connectivity index (χ2n) is 7.34. The lowest BCUT2D eigenvalue weighted by atomic mass is 9.97. The van der Waals surface area contributed by atoms with Crippen LogP contribution in [0.5, 0.6) is 0 Å². The molecule has 0 unspecified atom stereocenters. The van der Waals surface area contributed by atoms with Crippen LogP contribution >= 0.6 is 0 Å². The van der Waals surface area contributed by atoms with Crippen molar-refractivity contribution >= 4 is 17.8 Å². The summed E-state index contributed by atoms with van der Waals surface area (Å²) in [5, 5.41) is 0. The topological polar surface area (TPSA) is 108 Å². The summed E-state index contributed by atoms with van der Waals surface area (Å²) in [6.07, 6.45) is 0.525. The van der Waals surface area contributed by atoms with Crippen molar-refractivity contribution in [1.82, 2.24) is 14.0 Å². The normalized spacial score (nSPS) is 15.1. The molecule has 9 heteroatoms. The minimum Gasteiger partial charge on any atom is -0.458 e. The Morgan fingerprint density at radius 1 is 1.00 bits per heavy atom. The van der Waals surface area contributed by atoms with Crippen molar-refractivity contribution in [3.8, 4) is 0 Å². The van der Waals surface area contributed by atoms with E-state index in [1.165, 1.54) is 24.7 Å². The van der Waals surface area contributed by atoms with Gasteiger partial charge in [0.05, 0.1) is 16.8 Å². The van der Waals surface area contributed by atoms with Gasteiger partial charge in [-0.2, -0.15) is 0 Å². The highest BCUT2D eigenvalue weighted by Gasteiger charge is 2.45. The Balaban J connectivity index is 1.88. The van der Waals surface area contributed by atoms with E-state index in [9.17, 15) is 24.0 Å². The Kier molecular flexibility index (Phi) is 5.73. The molecule has 0 aliphatic carbocycles. The summed E-state index contributed by atoms with van der Waals surface area (Å²) in [4.78, 5) is 63.5. The summed E-state index contributed by atoms with van der Waals surface area (Å²) in [5.41, 5.74) is -0.368. The lowest BCUT2D eigenvalue weighted by Gasteiger charge is -2.29. The number of esters is 1. The monoisotopic (exact) mass is 413 g/mol. The molecule has 2 amide bonds. The zero-order chi connectivity index (χ0) is 22.2. The van der Waals surface area contributed by atoms with Gasteiger partial charge in [0.2, 0.25) is 0 Å². The Morgan fingerprint density at radius 3 is 2.10 bits per heavy atom. The van der Waals surface area contributed by atoms with Crippen LogP contribution in [0.4, 0.5) is 0 Å². The molecule has 30 heavy (non-hydrogen) atoms. The van der Waals surface area contributed by atoms with Gasteiger partial charge in [0, 0.05) is 20.2 Å². The number of aromatic nitrogens is 2. The lowest BCUT2D eigenvalue weighted by molar-refractivity contribution is -0.151. The third-order valence-corrected chi connectivity index (χ3v) is 5.52. The molecule has 0 saturated carbocycles. The summed E-state index contributed by atoms with van der Waals surface area (Å²) in [7, 11) is 2.81. The molecule has 0 fully saturated rings. The van der Waals surface area contributed by atoms with E-state index in [0.29, 0.717) is 6.42 Å². The van der Waals surface area contributed by atoms with Crippen LogP contribution in [-0.4, -0.2) is 37.9 Å². The van der Waals surface area contributed by atoms with Gasteiger partial charge in [0.1, 0.15) is 12.6 Å². The number of amides is 2. The zero-order valence-corrected chi connectivity index (χ0v) is 17.2. The molecule has 1 aromatic carbocycles. The number of ether oxygens (including phenoxy) is 1. The molecule has 2 heterocycles. The zero-order valence-electron chi connectivity index (χ0n) is 17.2. The van der Waals surface area contributed by atoms with Crippen LogP contribution in [0, 0.1) is 5.92 Å². The fourth-order valence-corrected chi connectivity index (χ4v) is 3.42. The van der Waals surface area contributed by atoms with E-state index >= 15 is 0 Å². The molecule has 1 aliphatic heterocycles. The van der Waals surface area contributed by atoms with E-state index in [1.807, 2.05) is 6.92 Å². The molecular formula is C21H23N3O6. The number of hydrogen-bond donors (Lipinski definition) is 0. The van der Waals surface area contributed by atoms with Crippen molar-refractivity contribution in [1.29, 1.82) is 0 Å². The largest absolute Gasteiger partial charge is 0.458 e. The number of imide groups is 1. The van der Waals surface area contributed by atoms with Crippen molar-refractivity contribution in [2.75, 3.05) is 0 Å². The van der Waals surface area contributed by atoms with Gasteiger partial charge in [-0.25, -0.2) is 9.59 Å². The Labute approximate surface area is 172 Å². The Morgan fingerprint density at radius 2 is 1.57 bits per heavy atom. The summed E-state index contributed by atoms with van der Waals surface area (Å²) < 4.78 is 7.50. The van der Waals surface area contributed by atoms with Gasteiger partial charge in [-0.15, -0.1) is 0 Å². The number of nitrogens with zero attached hydrogens (tertiary/aromatic N) is 3. The molecular weight excluding hydrogens is 390 g/mol. The predicted octanol–water partition coefficient (Wildman–Crippen LogP) is 0.838. The molecule has 3 rings (SSSR count). The van der Waals surface area contributed by atoms with Crippen molar-refractivity contribution in [2.24, 2.45) is 20.0 Å². The van der Waals surface area contributed by atoms with Gasteiger partial charge >= 0.3 is 11.7 Å².